The minimum atomic E-state index is -0.531. The number of nitrogens with one attached hydrogen (secondary N) is 3. The van der Waals surface area contributed by atoms with Gasteiger partial charge in [0.25, 0.3) is 11.5 Å². The van der Waals surface area contributed by atoms with E-state index in [4.69, 9.17) is 0 Å². The van der Waals surface area contributed by atoms with E-state index < -0.39 is 5.82 Å². The Morgan fingerprint density at radius 3 is 3.00 bits per heavy atom. The van der Waals surface area contributed by atoms with E-state index in [1.807, 2.05) is 0 Å². The molecule has 2 aliphatic rings. The van der Waals surface area contributed by atoms with E-state index in [1.165, 1.54) is 6.07 Å². The molecule has 0 saturated heterocycles. The fourth-order valence-corrected chi connectivity index (χ4v) is 3.12. The Bertz CT molecular complexity index is 889. The average molecular weight is 342 g/mol. The number of hydrogen-bond donors (Lipinski definition) is 3. The van der Waals surface area contributed by atoms with E-state index in [0.29, 0.717) is 24.1 Å². The van der Waals surface area contributed by atoms with Crippen LogP contribution in [-0.2, 0) is 12.8 Å². The van der Waals surface area contributed by atoms with Gasteiger partial charge in [-0.2, -0.15) is 5.10 Å². The first-order valence-corrected chi connectivity index (χ1v) is 8.55. The van der Waals surface area contributed by atoms with Crippen LogP contribution < -0.4 is 16.2 Å². The molecule has 6 nitrogen and oxygen atoms in total. The summed E-state index contributed by atoms with van der Waals surface area (Å²) in [6.07, 6.45) is 3.93. The van der Waals surface area contributed by atoms with Crippen molar-refractivity contribution in [2.75, 3.05) is 11.9 Å². The lowest BCUT2D eigenvalue weighted by Crippen LogP contribution is -2.26. The van der Waals surface area contributed by atoms with Crippen molar-refractivity contribution in [3.05, 3.63) is 56.8 Å². The Morgan fingerprint density at radius 2 is 2.20 bits per heavy atom. The second-order valence-corrected chi connectivity index (χ2v) is 6.62. The van der Waals surface area contributed by atoms with E-state index in [1.54, 1.807) is 12.1 Å². The number of aromatic nitrogens is 2. The molecule has 25 heavy (non-hydrogen) atoms. The van der Waals surface area contributed by atoms with Crippen LogP contribution in [0.4, 0.5) is 10.1 Å². The number of amides is 1. The molecular weight excluding hydrogens is 323 g/mol. The first-order valence-electron chi connectivity index (χ1n) is 8.55. The van der Waals surface area contributed by atoms with Crippen LogP contribution in [0.5, 0.6) is 0 Å². The largest absolute Gasteiger partial charge is 0.383 e. The maximum Gasteiger partial charge on any atom is 0.269 e. The molecule has 1 aromatic heterocycles. The number of carbonyl (C=O) groups excluding carboxylic acids is 1. The summed E-state index contributed by atoms with van der Waals surface area (Å²) >= 11 is 0. The standard InChI is InChI=1S/C18H19FN4O2/c19-14-6-3-10(8-13(14)17(24)21-11-4-5-11)9-15-16-12(2-1-7-20-16)18(25)23-22-15/h3,6,8,11,20H,1-2,4-5,7,9H2,(H,21,24)(H,23,25). The minimum Gasteiger partial charge on any atom is -0.383 e. The van der Waals surface area contributed by atoms with Crippen molar-refractivity contribution in [2.45, 2.75) is 38.1 Å². The summed E-state index contributed by atoms with van der Waals surface area (Å²) in [7, 11) is 0. The molecule has 0 bridgehead atoms. The van der Waals surface area contributed by atoms with Crippen LogP contribution in [0, 0.1) is 5.82 Å². The van der Waals surface area contributed by atoms with Crippen molar-refractivity contribution in [1.82, 2.24) is 15.5 Å². The van der Waals surface area contributed by atoms with Crippen molar-refractivity contribution in [1.29, 1.82) is 0 Å². The summed E-state index contributed by atoms with van der Waals surface area (Å²) < 4.78 is 14.0. The molecule has 1 aromatic carbocycles. The fourth-order valence-electron chi connectivity index (χ4n) is 3.12. The van der Waals surface area contributed by atoms with E-state index >= 15 is 0 Å². The third kappa shape index (κ3) is 3.26. The normalized spacial score (nSPS) is 16.0. The average Bonchev–Trinajstić information content (AvgIpc) is 3.43. The maximum atomic E-state index is 14.0. The molecule has 1 amide bonds. The number of benzene rings is 1. The smallest absolute Gasteiger partial charge is 0.269 e. The van der Waals surface area contributed by atoms with Crippen molar-refractivity contribution >= 4 is 11.6 Å². The Hall–Kier alpha value is -2.70. The Kier molecular flexibility index (Phi) is 3.99. The molecule has 0 atom stereocenters. The van der Waals surface area contributed by atoms with E-state index in [-0.39, 0.29) is 23.1 Å². The molecule has 1 aliphatic carbocycles. The van der Waals surface area contributed by atoms with Crippen molar-refractivity contribution in [3.63, 3.8) is 0 Å². The van der Waals surface area contributed by atoms with E-state index in [9.17, 15) is 14.0 Å². The lowest BCUT2D eigenvalue weighted by atomic mass is 10.00. The molecule has 1 fully saturated rings. The molecule has 2 heterocycles. The van der Waals surface area contributed by atoms with Gasteiger partial charge in [0.1, 0.15) is 5.82 Å². The zero-order valence-corrected chi connectivity index (χ0v) is 13.7. The van der Waals surface area contributed by atoms with Crippen LogP contribution in [0.3, 0.4) is 0 Å². The molecule has 7 heteroatoms. The summed E-state index contributed by atoms with van der Waals surface area (Å²) in [4.78, 5) is 24.1. The summed E-state index contributed by atoms with van der Waals surface area (Å²) in [5.74, 6) is -0.909. The zero-order valence-electron chi connectivity index (χ0n) is 13.7. The van der Waals surface area contributed by atoms with Gasteiger partial charge in [0.05, 0.1) is 16.9 Å². The Balaban J connectivity index is 1.63. The molecule has 1 saturated carbocycles. The molecule has 1 aliphatic heterocycles. The Morgan fingerprint density at radius 1 is 1.36 bits per heavy atom. The van der Waals surface area contributed by atoms with Gasteiger partial charge in [0.15, 0.2) is 0 Å². The SMILES string of the molecule is O=C(NC1CC1)c1cc(Cc2n[nH]c(=O)c3c2NCCC3)ccc1F. The molecule has 0 spiro atoms. The fraction of sp³-hybridized carbons (Fsp3) is 0.389. The van der Waals surface area contributed by atoms with Gasteiger partial charge in [-0.15, -0.1) is 0 Å². The Labute approximate surface area is 143 Å². The van der Waals surface area contributed by atoms with Crippen LogP contribution >= 0.6 is 0 Å². The van der Waals surface area contributed by atoms with Crippen LogP contribution in [0.1, 0.15) is 46.4 Å². The highest BCUT2D eigenvalue weighted by Gasteiger charge is 2.25. The monoisotopic (exact) mass is 342 g/mol. The number of H-pyrrole nitrogens is 1. The molecule has 0 unspecified atom stereocenters. The number of fused-ring (bicyclic) bond motifs is 1. The summed E-state index contributed by atoms with van der Waals surface area (Å²) in [5, 5.41) is 12.7. The van der Waals surface area contributed by atoms with Gasteiger partial charge in [0.2, 0.25) is 0 Å². The maximum absolute atomic E-state index is 14.0. The highest BCUT2D eigenvalue weighted by molar-refractivity contribution is 5.95. The number of nitrogens with zero attached hydrogens (tertiary/aromatic N) is 1. The van der Waals surface area contributed by atoms with Gasteiger partial charge >= 0.3 is 0 Å². The predicted molar refractivity (Wildman–Crippen MR) is 91.4 cm³/mol. The van der Waals surface area contributed by atoms with Crippen LogP contribution in [0.2, 0.25) is 0 Å². The van der Waals surface area contributed by atoms with Gasteiger partial charge in [-0.25, -0.2) is 9.49 Å². The number of aromatic amines is 1. The van der Waals surface area contributed by atoms with Gasteiger partial charge < -0.3 is 10.6 Å². The molecule has 130 valence electrons. The molecule has 4 rings (SSSR count). The number of anilines is 1. The molecule has 0 radical (unpaired) electrons. The first kappa shape index (κ1) is 15.8. The summed E-state index contributed by atoms with van der Waals surface area (Å²) in [5.41, 5.74) is 2.84. The third-order valence-corrected chi connectivity index (χ3v) is 4.62. The highest BCUT2D eigenvalue weighted by atomic mass is 19.1. The number of hydrogen-bond acceptors (Lipinski definition) is 4. The van der Waals surface area contributed by atoms with Gasteiger partial charge in [-0.3, -0.25) is 9.59 Å². The number of rotatable bonds is 4. The van der Waals surface area contributed by atoms with Crippen LogP contribution in [0.25, 0.3) is 0 Å². The highest BCUT2D eigenvalue weighted by Crippen LogP contribution is 2.24. The summed E-state index contributed by atoms with van der Waals surface area (Å²) in [6, 6.07) is 4.69. The van der Waals surface area contributed by atoms with Crippen LogP contribution in [-0.4, -0.2) is 28.7 Å². The number of carbonyl (C=O) groups is 1. The second-order valence-electron chi connectivity index (χ2n) is 6.62. The van der Waals surface area contributed by atoms with Gasteiger partial charge in [0, 0.05) is 24.6 Å². The lowest BCUT2D eigenvalue weighted by Gasteiger charge is -2.19. The summed E-state index contributed by atoms with van der Waals surface area (Å²) in [6.45, 7) is 0.795. The number of halogens is 1. The molecular formula is C18H19FN4O2. The minimum absolute atomic E-state index is 0.0515. The topological polar surface area (TPSA) is 86.9 Å². The zero-order chi connectivity index (χ0) is 17.4. The van der Waals surface area contributed by atoms with Gasteiger partial charge in [-0.1, -0.05) is 6.07 Å². The molecule has 2 aromatic rings. The quantitative estimate of drug-likeness (QED) is 0.790. The van der Waals surface area contributed by atoms with Crippen molar-refractivity contribution < 1.29 is 9.18 Å². The van der Waals surface area contributed by atoms with Crippen molar-refractivity contribution in [2.24, 2.45) is 0 Å². The lowest BCUT2D eigenvalue weighted by molar-refractivity contribution is 0.0947. The third-order valence-electron chi connectivity index (χ3n) is 4.62. The van der Waals surface area contributed by atoms with E-state index in [0.717, 1.165) is 37.1 Å². The van der Waals surface area contributed by atoms with Gasteiger partial charge in [-0.05, 0) is 43.4 Å². The molecule has 3 N–H and O–H groups in total. The van der Waals surface area contributed by atoms with E-state index in [2.05, 4.69) is 20.8 Å². The predicted octanol–water partition coefficient (Wildman–Crippen LogP) is 1.75. The first-order chi connectivity index (χ1) is 12.1. The van der Waals surface area contributed by atoms with Crippen molar-refractivity contribution in [3.8, 4) is 0 Å². The second kappa shape index (κ2) is 6.31. The van der Waals surface area contributed by atoms with Crippen LogP contribution in [0.15, 0.2) is 23.0 Å².